The number of rotatable bonds is 2. The van der Waals surface area contributed by atoms with Crippen LogP contribution in [0.3, 0.4) is 0 Å². The fourth-order valence-electron chi connectivity index (χ4n) is 1.90. The van der Waals surface area contributed by atoms with E-state index < -0.39 is 0 Å². The van der Waals surface area contributed by atoms with Crippen LogP contribution in [0.15, 0.2) is 0 Å². The van der Waals surface area contributed by atoms with Crippen molar-refractivity contribution in [3.05, 3.63) is 21.7 Å². The van der Waals surface area contributed by atoms with Gasteiger partial charge in [0.15, 0.2) is 0 Å². The quantitative estimate of drug-likeness (QED) is 0.756. The summed E-state index contributed by atoms with van der Waals surface area (Å²) in [7, 11) is 0. The van der Waals surface area contributed by atoms with Crippen LogP contribution in [0.2, 0.25) is 0 Å². The number of hydrogen-bond acceptors (Lipinski definition) is 2. The molecule has 0 aromatic carbocycles. The molecule has 0 aliphatic heterocycles. The molecule has 1 aliphatic carbocycles. The van der Waals surface area contributed by atoms with E-state index in [1.807, 2.05) is 0 Å². The second-order valence-corrected chi connectivity index (χ2v) is 4.43. The molecule has 0 saturated heterocycles. The summed E-state index contributed by atoms with van der Waals surface area (Å²) in [6.07, 6.45) is 4.58. The molecule has 1 aromatic rings. The molecule has 76 valence electrons. The summed E-state index contributed by atoms with van der Waals surface area (Å²) in [6.45, 7) is 4.37. The van der Waals surface area contributed by atoms with E-state index in [-0.39, 0.29) is 0 Å². The second kappa shape index (κ2) is 3.81. The number of aryl methyl sites for hydroxylation is 1. The Bertz CT molecular complexity index is 395. The van der Waals surface area contributed by atoms with Gasteiger partial charge in [0.05, 0.1) is 0 Å². The molecule has 0 spiro atoms. The van der Waals surface area contributed by atoms with Crippen molar-refractivity contribution in [1.82, 2.24) is 9.97 Å². The van der Waals surface area contributed by atoms with E-state index in [1.165, 1.54) is 17.7 Å². The fraction of sp³-hybridized carbons (Fsp3) is 0.636. The molecule has 0 bridgehead atoms. The molecule has 2 rings (SSSR count). The summed E-state index contributed by atoms with van der Waals surface area (Å²) in [5, 5.41) is 0. The lowest BCUT2D eigenvalue weighted by Crippen LogP contribution is -2.04. The minimum atomic E-state index is 0.489. The molecule has 0 saturated carbocycles. The molecule has 1 unspecified atom stereocenters. The van der Waals surface area contributed by atoms with Gasteiger partial charge in [-0.25, -0.2) is 4.98 Å². The Kier molecular flexibility index (Phi) is 2.68. The van der Waals surface area contributed by atoms with Gasteiger partial charge in [-0.15, -0.1) is 0 Å². The van der Waals surface area contributed by atoms with Crippen LogP contribution in [-0.4, -0.2) is 9.97 Å². The maximum atomic E-state index is 5.30. The number of fused-ring (bicyclic) bond motifs is 1. The molecular weight excluding hydrogens is 192 g/mol. The third-order valence-electron chi connectivity index (χ3n) is 3.06. The molecule has 14 heavy (non-hydrogen) atoms. The third kappa shape index (κ3) is 1.61. The monoisotopic (exact) mass is 208 g/mol. The van der Waals surface area contributed by atoms with E-state index in [0.29, 0.717) is 5.92 Å². The van der Waals surface area contributed by atoms with E-state index >= 15 is 0 Å². The van der Waals surface area contributed by atoms with Gasteiger partial charge in [0.1, 0.15) is 10.5 Å². The summed E-state index contributed by atoms with van der Waals surface area (Å²) in [4.78, 5) is 7.91. The van der Waals surface area contributed by atoms with Gasteiger partial charge in [0, 0.05) is 17.2 Å². The smallest absolute Gasteiger partial charge is 0.133 e. The highest BCUT2D eigenvalue weighted by Crippen LogP contribution is 2.23. The fourth-order valence-corrected chi connectivity index (χ4v) is 2.23. The van der Waals surface area contributed by atoms with Crippen molar-refractivity contribution >= 4 is 12.2 Å². The number of aromatic amines is 1. The van der Waals surface area contributed by atoms with Gasteiger partial charge in [-0.1, -0.05) is 26.1 Å². The SMILES string of the molecule is CCC(C)c1nc(=S)c2c([nH]1)CCC2. The highest BCUT2D eigenvalue weighted by Gasteiger charge is 2.16. The Morgan fingerprint density at radius 1 is 1.50 bits per heavy atom. The van der Waals surface area contributed by atoms with E-state index in [0.717, 1.165) is 29.7 Å². The standard InChI is InChI=1S/C11H16N2S/c1-3-7(2)10-12-9-6-4-5-8(9)11(14)13-10/h7H,3-6H2,1-2H3,(H,12,13,14). The first kappa shape index (κ1) is 9.84. The zero-order chi connectivity index (χ0) is 10.1. The molecule has 0 radical (unpaired) electrons. The van der Waals surface area contributed by atoms with Crippen LogP contribution < -0.4 is 0 Å². The molecule has 3 heteroatoms. The van der Waals surface area contributed by atoms with Crippen LogP contribution in [0.25, 0.3) is 0 Å². The van der Waals surface area contributed by atoms with E-state index in [4.69, 9.17) is 12.2 Å². The van der Waals surface area contributed by atoms with Crippen molar-refractivity contribution in [2.24, 2.45) is 0 Å². The zero-order valence-electron chi connectivity index (χ0n) is 8.76. The van der Waals surface area contributed by atoms with Crippen LogP contribution in [0, 0.1) is 4.64 Å². The Hall–Kier alpha value is -0.700. The summed E-state index contributed by atoms with van der Waals surface area (Å²) >= 11 is 5.30. The summed E-state index contributed by atoms with van der Waals surface area (Å²) in [5.74, 6) is 1.56. The maximum Gasteiger partial charge on any atom is 0.133 e. The number of nitrogens with one attached hydrogen (secondary N) is 1. The maximum absolute atomic E-state index is 5.30. The van der Waals surface area contributed by atoms with E-state index in [9.17, 15) is 0 Å². The molecule has 1 atom stereocenters. The first-order chi connectivity index (χ1) is 6.72. The van der Waals surface area contributed by atoms with Crippen molar-refractivity contribution in [3.63, 3.8) is 0 Å². The molecule has 1 heterocycles. The van der Waals surface area contributed by atoms with Crippen molar-refractivity contribution in [3.8, 4) is 0 Å². The minimum Gasteiger partial charge on any atom is -0.347 e. The van der Waals surface area contributed by atoms with Crippen molar-refractivity contribution in [2.75, 3.05) is 0 Å². The Labute approximate surface area is 89.8 Å². The number of aromatic nitrogens is 2. The molecule has 2 nitrogen and oxygen atoms in total. The lowest BCUT2D eigenvalue weighted by molar-refractivity contribution is 0.670. The van der Waals surface area contributed by atoms with Gasteiger partial charge in [-0.2, -0.15) is 0 Å². The summed E-state index contributed by atoms with van der Waals surface area (Å²) in [6, 6.07) is 0. The van der Waals surface area contributed by atoms with E-state index in [2.05, 4.69) is 23.8 Å². The van der Waals surface area contributed by atoms with Crippen LogP contribution in [0.4, 0.5) is 0 Å². The van der Waals surface area contributed by atoms with Crippen LogP contribution >= 0.6 is 12.2 Å². The van der Waals surface area contributed by atoms with Crippen LogP contribution in [-0.2, 0) is 12.8 Å². The topological polar surface area (TPSA) is 28.7 Å². The Morgan fingerprint density at radius 3 is 3.00 bits per heavy atom. The predicted molar refractivity (Wildman–Crippen MR) is 60.2 cm³/mol. The largest absolute Gasteiger partial charge is 0.347 e. The second-order valence-electron chi connectivity index (χ2n) is 4.05. The van der Waals surface area contributed by atoms with Crippen molar-refractivity contribution in [2.45, 2.75) is 45.4 Å². The predicted octanol–water partition coefficient (Wildman–Crippen LogP) is 3.14. The van der Waals surface area contributed by atoms with Gasteiger partial charge >= 0.3 is 0 Å². The van der Waals surface area contributed by atoms with Crippen molar-refractivity contribution in [1.29, 1.82) is 0 Å². The molecule has 1 aliphatic rings. The Morgan fingerprint density at radius 2 is 2.29 bits per heavy atom. The van der Waals surface area contributed by atoms with Gasteiger partial charge < -0.3 is 4.98 Å². The highest BCUT2D eigenvalue weighted by atomic mass is 32.1. The highest BCUT2D eigenvalue weighted by molar-refractivity contribution is 7.71. The molecule has 0 fully saturated rings. The van der Waals surface area contributed by atoms with Gasteiger partial charge in [0.25, 0.3) is 0 Å². The zero-order valence-corrected chi connectivity index (χ0v) is 9.58. The number of hydrogen-bond donors (Lipinski definition) is 1. The lowest BCUT2D eigenvalue weighted by Gasteiger charge is -2.10. The average molecular weight is 208 g/mol. The van der Waals surface area contributed by atoms with E-state index in [1.54, 1.807) is 0 Å². The molecule has 1 N–H and O–H groups in total. The number of nitrogens with zero attached hydrogens (tertiary/aromatic N) is 1. The lowest BCUT2D eigenvalue weighted by atomic mass is 10.1. The van der Waals surface area contributed by atoms with Crippen LogP contribution in [0.5, 0.6) is 0 Å². The molecule has 1 aromatic heterocycles. The van der Waals surface area contributed by atoms with Crippen molar-refractivity contribution < 1.29 is 0 Å². The van der Waals surface area contributed by atoms with Gasteiger partial charge in [-0.05, 0) is 25.7 Å². The van der Waals surface area contributed by atoms with Crippen LogP contribution in [0.1, 0.15) is 49.7 Å². The average Bonchev–Trinajstić information content (AvgIpc) is 2.64. The third-order valence-corrected chi connectivity index (χ3v) is 3.39. The molecular formula is C11H16N2S. The Balaban J connectivity index is 2.47. The molecule has 0 amide bonds. The minimum absolute atomic E-state index is 0.489. The first-order valence-electron chi connectivity index (χ1n) is 5.34. The first-order valence-corrected chi connectivity index (χ1v) is 5.75. The summed E-state index contributed by atoms with van der Waals surface area (Å²) < 4.78 is 0.826. The van der Waals surface area contributed by atoms with Gasteiger partial charge in [-0.3, -0.25) is 0 Å². The normalized spacial score (nSPS) is 16.7. The van der Waals surface area contributed by atoms with Gasteiger partial charge in [0.2, 0.25) is 0 Å². The summed E-state index contributed by atoms with van der Waals surface area (Å²) in [5.41, 5.74) is 2.62. The number of H-pyrrole nitrogens is 1.